The maximum absolute atomic E-state index is 12.3. The van der Waals surface area contributed by atoms with Gasteiger partial charge in [-0.25, -0.2) is 4.79 Å². The molecule has 8 heteroatoms. The summed E-state index contributed by atoms with van der Waals surface area (Å²) in [4.78, 5) is 12.3. The van der Waals surface area contributed by atoms with Crippen molar-refractivity contribution in [3.63, 3.8) is 0 Å². The summed E-state index contributed by atoms with van der Waals surface area (Å²) in [5.74, 6) is 1.31. The van der Waals surface area contributed by atoms with E-state index < -0.39 is 5.97 Å². The van der Waals surface area contributed by atoms with E-state index in [2.05, 4.69) is 10.2 Å². The lowest BCUT2D eigenvalue weighted by atomic mass is 10.1. The number of fused-ring (bicyclic) bond motifs is 1. The van der Waals surface area contributed by atoms with Crippen LogP contribution in [0.5, 0.6) is 5.75 Å². The minimum atomic E-state index is -0.484. The maximum atomic E-state index is 12.3. The normalized spacial score (nSPS) is 11.1. The van der Waals surface area contributed by atoms with Crippen molar-refractivity contribution >= 4 is 28.7 Å². The van der Waals surface area contributed by atoms with Gasteiger partial charge in [0.05, 0.1) is 6.61 Å². The van der Waals surface area contributed by atoms with Gasteiger partial charge in [-0.15, -0.1) is 10.2 Å². The topological polar surface area (TPSA) is 87.6 Å². The monoisotopic (exact) mass is 438 g/mol. The van der Waals surface area contributed by atoms with Crippen molar-refractivity contribution < 1.29 is 23.1 Å². The first kappa shape index (κ1) is 21.0. The molecule has 0 bridgehead atoms. The first-order valence-electron chi connectivity index (χ1n) is 9.88. The van der Waals surface area contributed by atoms with E-state index in [1.807, 2.05) is 56.3 Å². The van der Waals surface area contributed by atoms with Gasteiger partial charge in [-0.2, -0.15) is 0 Å². The van der Waals surface area contributed by atoms with Crippen LogP contribution < -0.4 is 4.74 Å². The molecular weight excluding hydrogens is 416 g/mol. The lowest BCUT2D eigenvalue weighted by Crippen LogP contribution is -2.05. The molecular formula is C23H22N2O5S. The molecule has 2 aromatic heterocycles. The number of furan rings is 1. The quantitative estimate of drug-likeness (QED) is 0.264. The van der Waals surface area contributed by atoms with E-state index in [1.54, 1.807) is 6.92 Å². The third kappa shape index (κ3) is 4.74. The highest BCUT2D eigenvalue weighted by Crippen LogP contribution is 2.32. The Balaban J connectivity index is 1.46. The van der Waals surface area contributed by atoms with E-state index in [1.165, 1.54) is 11.8 Å². The maximum Gasteiger partial charge on any atom is 0.374 e. The molecule has 2 heterocycles. The Labute approximate surface area is 183 Å². The fraction of sp³-hybridized carbons (Fsp3) is 0.261. The Morgan fingerprint density at radius 1 is 1.10 bits per heavy atom. The van der Waals surface area contributed by atoms with Crippen LogP contribution in [0, 0.1) is 13.8 Å². The summed E-state index contributed by atoms with van der Waals surface area (Å²) in [6.45, 7) is 6.21. The largest absolute Gasteiger partial charge is 0.484 e. The molecule has 0 spiro atoms. The molecule has 0 saturated heterocycles. The summed E-state index contributed by atoms with van der Waals surface area (Å²) >= 11 is 1.33. The minimum Gasteiger partial charge on any atom is -0.484 e. The molecule has 4 rings (SSSR count). The third-order valence-electron chi connectivity index (χ3n) is 4.64. The molecule has 160 valence electrons. The summed E-state index contributed by atoms with van der Waals surface area (Å²) < 4.78 is 22.4. The van der Waals surface area contributed by atoms with E-state index >= 15 is 0 Å². The lowest BCUT2D eigenvalue weighted by Gasteiger charge is -2.07. The van der Waals surface area contributed by atoms with Crippen LogP contribution in [0.25, 0.3) is 11.0 Å². The van der Waals surface area contributed by atoms with Crippen molar-refractivity contribution in [3.8, 4) is 5.75 Å². The molecule has 0 aliphatic heterocycles. The number of thioether (sulfide) groups is 1. The number of hydrogen-bond donors (Lipinski definition) is 0. The molecule has 0 unspecified atom stereocenters. The Hall–Kier alpha value is -3.26. The number of carbonyl (C=O) groups is 1. The number of hydrogen-bond acceptors (Lipinski definition) is 8. The van der Waals surface area contributed by atoms with Gasteiger partial charge in [-0.05, 0) is 44.0 Å². The second-order valence-corrected chi connectivity index (χ2v) is 7.86. The second kappa shape index (κ2) is 9.26. The van der Waals surface area contributed by atoms with Gasteiger partial charge in [0.1, 0.15) is 11.3 Å². The molecule has 4 aromatic rings. The molecule has 7 nitrogen and oxygen atoms in total. The first-order chi connectivity index (χ1) is 15.0. The van der Waals surface area contributed by atoms with Gasteiger partial charge < -0.3 is 18.3 Å². The van der Waals surface area contributed by atoms with E-state index in [0.29, 0.717) is 22.4 Å². The van der Waals surface area contributed by atoms with Gasteiger partial charge in [0, 0.05) is 16.7 Å². The molecule has 0 aliphatic rings. The Morgan fingerprint density at radius 2 is 1.94 bits per heavy atom. The van der Waals surface area contributed by atoms with Crippen LogP contribution in [0.1, 0.15) is 40.1 Å². The number of carbonyl (C=O) groups excluding carboxylic acids is 1. The first-order valence-corrected chi connectivity index (χ1v) is 10.9. The molecule has 0 fully saturated rings. The summed E-state index contributed by atoms with van der Waals surface area (Å²) in [5.41, 5.74) is 3.53. The molecule has 0 N–H and O–H groups in total. The zero-order chi connectivity index (χ0) is 21.8. The van der Waals surface area contributed by atoms with Crippen LogP contribution in [-0.4, -0.2) is 22.8 Å². The average Bonchev–Trinajstić information content (AvgIpc) is 3.37. The van der Waals surface area contributed by atoms with Crippen molar-refractivity contribution in [1.29, 1.82) is 0 Å². The highest BCUT2D eigenvalue weighted by molar-refractivity contribution is 7.98. The smallest absolute Gasteiger partial charge is 0.374 e. The van der Waals surface area contributed by atoms with Gasteiger partial charge in [-0.1, -0.05) is 42.1 Å². The number of aromatic nitrogens is 2. The molecule has 0 radical (unpaired) electrons. The predicted octanol–water partition coefficient (Wildman–Crippen LogP) is 5.48. The molecule has 0 aliphatic carbocycles. The van der Waals surface area contributed by atoms with Gasteiger partial charge in [0.15, 0.2) is 6.61 Å². The SMILES string of the molecule is CCOC(=O)c1oc2ccccc2c1CSc1nnc(COc2cc(C)ccc2C)o1. The van der Waals surface area contributed by atoms with Crippen molar-refractivity contribution in [3.05, 3.63) is 70.8 Å². The van der Waals surface area contributed by atoms with Crippen LogP contribution in [0.4, 0.5) is 0 Å². The van der Waals surface area contributed by atoms with E-state index in [0.717, 1.165) is 27.8 Å². The highest BCUT2D eigenvalue weighted by Gasteiger charge is 2.22. The summed E-state index contributed by atoms with van der Waals surface area (Å²) in [6, 6.07) is 13.5. The van der Waals surface area contributed by atoms with Crippen molar-refractivity contribution in [2.75, 3.05) is 6.61 Å². The molecule has 0 atom stereocenters. The number of para-hydroxylation sites is 1. The van der Waals surface area contributed by atoms with Gasteiger partial charge in [-0.3, -0.25) is 0 Å². The van der Waals surface area contributed by atoms with Crippen LogP contribution in [0.15, 0.2) is 56.5 Å². The zero-order valence-corrected chi connectivity index (χ0v) is 18.3. The molecule has 31 heavy (non-hydrogen) atoms. The Bertz CT molecular complexity index is 1210. The molecule has 2 aromatic carbocycles. The fourth-order valence-electron chi connectivity index (χ4n) is 3.09. The number of ether oxygens (including phenoxy) is 2. The van der Waals surface area contributed by atoms with Crippen LogP contribution in [-0.2, 0) is 17.1 Å². The highest BCUT2D eigenvalue weighted by atomic mass is 32.2. The second-order valence-electron chi connectivity index (χ2n) is 6.93. The average molecular weight is 439 g/mol. The van der Waals surface area contributed by atoms with E-state index in [4.69, 9.17) is 18.3 Å². The summed E-state index contributed by atoms with van der Waals surface area (Å²) in [7, 11) is 0. The van der Waals surface area contributed by atoms with Crippen molar-refractivity contribution in [2.45, 2.75) is 38.4 Å². The van der Waals surface area contributed by atoms with Crippen molar-refractivity contribution in [1.82, 2.24) is 10.2 Å². The molecule has 0 amide bonds. The Kier molecular flexibility index (Phi) is 6.27. The van der Waals surface area contributed by atoms with Gasteiger partial charge in [0.25, 0.3) is 11.1 Å². The number of benzene rings is 2. The number of nitrogens with zero attached hydrogens (tertiary/aromatic N) is 2. The zero-order valence-electron chi connectivity index (χ0n) is 17.5. The third-order valence-corrected chi connectivity index (χ3v) is 5.49. The van der Waals surface area contributed by atoms with Crippen molar-refractivity contribution in [2.24, 2.45) is 0 Å². The van der Waals surface area contributed by atoms with Gasteiger partial charge in [0.2, 0.25) is 5.76 Å². The standard InChI is InChI=1S/C23H22N2O5S/c1-4-27-22(26)21-17(16-7-5-6-8-18(16)29-21)13-31-23-25-24-20(30-23)12-28-19-11-14(2)9-10-15(19)3/h5-11H,4,12-13H2,1-3H3. The van der Waals surface area contributed by atoms with E-state index in [-0.39, 0.29) is 19.0 Å². The van der Waals surface area contributed by atoms with Crippen LogP contribution >= 0.6 is 11.8 Å². The predicted molar refractivity (Wildman–Crippen MR) is 116 cm³/mol. The fourth-order valence-corrected chi connectivity index (χ4v) is 3.90. The molecule has 0 saturated carbocycles. The van der Waals surface area contributed by atoms with E-state index in [9.17, 15) is 4.79 Å². The van der Waals surface area contributed by atoms with Crippen LogP contribution in [0.2, 0.25) is 0 Å². The number of aryl methyl sites for hydroxylation is 2. The minimum absolute atomic E-state index is 0.181. The number of esters is 1. The van der Waals surface area contributed by atoms with Crippen LogP contribution in [0.3, 0.4) is 0 Å². The summed E-state index contributed by atoms with van der Waals surface area (Å²) in [5, 5.41) is 9.38. The van der Waals surface area contributed by atoms with Gasteiger partial charge >= 0.3 is 5.97 Å². The summed E-state index contributed by atoms with van der Waals surface area (Å²) in [6.07, 6.45) is 0. The Morgan fingerprint density at radius 3 is 2.77 bits per heavy atom. The lowest BCUT2D eigenvalue weighted by molar-refractivity contribution is 0.0491. The number of rotatable bonds is 8.